The molecule has 0 radical (unpaired) electrons. The van der Waals surface area contributed by atoms with Crippen molar-refractivity contribution in [1.29, 1.82) is 0 Å². The summed E-state index contributed by atoms with van der Waals surface area (Å²) >= 11 is 0. The molecule has 2 aromatic rings. The zero-order chi connectivity index (χ0) is 14.1. The molecule has 2 heterocycles. The third-order valence-corrected chi connectivity index (χ3v) is 3.40. The van der Waals surface area contributed by atoms with Crippen LogP contribution in [0, 0.1) is 13.8 Å². The first kappa shape index (κ1) is 12.9. The smallest absolute Gasteiger partial charge is 0.161 e. The van der Waals surface area contributed by atoms with Gasteiger partial charge >= 0.3 is 0 Å². The third-order valence-electron chi connectivity index (χ3n) is 3.40. The van der Waals surface area contributed by atoms with Gasteiger partial charge in [-0.25, -0.2) is 0 Å². The van der Waals surface area contributed by atoms with Gasteiger partial charge in [-0.15, -0.1) is 0 Å². The number of pyridine rings is 1. The molecule has 1 aliphatic heterocycles. The van der Waals surface area contributed by atoms with Gasteiger partial charge in [-0.3, -0.25) is 4.98 Å². The predicted molar refractivity (Wildman–Crippen MR) is 75.2 cm³/mol. The zero-order valence-corrected chi connectivity index (χ0v) is 11.6. The maximum absolute atomic E-state index is 10.5. The van der Waals surface area contributed by atoms with Crippen molar-refractivity contribution in [2.24, 2.45) is 0 Å². The average molecular weight is 271 g/mol. The minimum absolute atomic E-state index is 0.536. The van der Waals surface area contributed by atoms with Crippen LogP contribution in [0.1, 0.15) is 28.5 Å². The first-order chi connectivity index (χ1) is 9.65. The number of fused-ring (bicyclic) bond motifs is 1. The summed E-state index contributed by atoms with van der Waals surface area (Å²) in [6.45, 7) is 5.04. The molecule has 1 aromatic carbocycles. The lowest BCUT2D eigenvalue weighted by Gasteiger charge is -2.20. The van der Waals surface area contributed by atoms with Crippen molar-refractivity contribution < 1.29 is 14.6 Å². The molecule has 0 saturated heterocycles. The Labute approximate surface area is 118 Å². The summed E-state index contributed by atoms with van der Waals surface area (Å²) in [5.74, 6) is 1.40. The lowest BCUT2D eigenvalue weighted by Crippen LogP contribution is -2.16. The lowest BCUT2D eigenvalue weighted by molar-refractivity contribution is 0.169. The van der Waals surface area contributed by atoms with E-state index in [-0.39, 0.29) is 0 Å². The number of ether oxygens (including phenoxy) is 2. The quantitative estimate of drug-likeness (QED) is 0.912. The number of aliphatic hydroxyl groups is 1. The molecule has 4 nitrogen and oxygen atoms in total. The Morgan fingerprint density at radius 3 is 2.60 bits per heavy atom. The SMILES string of the molecule is Cc1cnc(C(O)c2ccc3c(c2)OCCO3)c(C)c1. The second-order valence-electron chi connectivity index (χ2n) is 5.02. The molecule has 1 aliphatic rings. The lowest BCUT2D eigenvalue weighted by atomic mass is 10.0. The minimum atomic E-state index is -0.758. The van der Waals surface area contributed by atoms with Crippen molar-refractivity contribution in [2.75, 3.05) is 13.2 Å². The van der Waals surface area contributed by atoms with Crippen LogP contribution in [0.15, 0.2) is 30.5 Å². The summed E-state index contributed by atoms with van der Waals surface area (Å²) in [7, 11) is 0. The van der Waals surface area contributed by atoms with Crippen LogP contribution in [-0.4, -0.2) is 23.3 Å². The molecule has 0 bridgehead atoms. The summed E-state index contributed by atoms with van der Waals surface area (Å²) in [5.41, 5.74) is 3.49. The van der Waals surface area contributed by atoms with Crippen LogP contribution < -0.4 is 9.47 Å². The van der Waals surface area contributed by atoms with Crippen molar-refractivity contribution in [3.05, 3.63) is 52.8 Å². The topological polar surface area (TPSA) is 51.6 Å². The van der Waals surface area contributed by atoms with Crippen molar-refractivity contribution in [3.8, 4) is 11.5 Å². The molecular weight excluding hydrogens is 254 g/mol. The van der Waals surface area contributed by atoms with Gasteiger partial charge < -0.3 is 14.6 Å². The van der Waals surface area contributed by atoms with Gasteiger partial charge in [-0.05, 0) is 42.7 Å². The molecule has 0 spiro atoms. The van der Waals surface area contributed by atoms with Crippen molar-refractivity contribution in [3.63, 3.8) is 0 Å². The molecule has 1 unspecified atom stereocenters. The van der Waals surface area contributed by atoms with E-state index in [2.05, 4.69) is 4.98 Å². The molecule has 0 fully saturated rings. The molecule has 1 N–H and O–H groups in total. The van der Waals surface area contributed by atoms with Crippen molar-refractivity contribution in [2.45, 2.75) is 20.0 Å². The molecule has 1 atom stereocenters. The fourth-order valence-corrected chi connectivity index (χ4v) is 2.40. The van der Waals surface area contributed by atoms with Gasteiger partial charge in [-0.2, -0.15) is 0 Å². The van der Waals surface area contributed by atoms with E-state index in [1.807, 2.05) is 38.1 Å². The summed E-state index contributed by atoms with van der Waals surface area (Å²) in [4.78, 5) is 4.34. The number of benzene rings is 1. The second kappa shape index (κ2) is 5.13. The molecule has 0 saturated carbocycles. The van der Waals surface area contributed by atoms with Gasteiger partial charge in [0, 0.05) is 6.20 Å². The summed E-state index contributed by atoms with van der Waals surface area (Å²) in [5, 5.41) is 10.5. The number of aliphatic hydroxyl groups excluding tert-OH is 1. The maximum atomic E-state index is 10.5. The highest BCUT2D eigenvalue weighted by Crippen LogP contribution is 2.34. The van der Waals surface area contributed by atoms with E-state index in [0.717, 1.165) is 22.4 Å². The van der Waals surface area contributed by atoms with Gasteiger partial charge in [0.25, 0.3) is 0 Å². The second-order valence-corrected chi connectivity index (χ2v) is 5.02. The van der Waals surface area contributed by atoms with Gasteiger partial charge in [0.2, 0.25) is 0 Å². The van der Waals surface area contributed by atoms with E-state index in [0.29, 0.717) is 24.7 Å². The number of aromatic nitrogens is 1. The Balaban J connectivity index is 1.95. The van der Waals surface area contributed by atoms with Crippen LogP contribution in [0.2, 0.25) is 0 Å². The summed E-state index contributed by atoms with van der Waals surface area (Å²) in [6, 6.07) is 7.51. The van der Waals surface area contributed by atoms with Crippen LogP contribution in [0.4, 0.5) is 0 Å². The molecule has 20 heavy (non-hydrogen) atoms. The molecule has 3 rings (SSSR count). The van der Waals surface area contributed by atoms with E-state index >= 15 is 0 Å². The Kier molecular flexibility index (Phi) is 3.32. The maximum Gasteiger partial charge on any atom is 0.161 e. The number of aryl methyl sites for hydroxylation is 2. The van der Waals surface area contributed by atoms with E-state index in [4.69, 9.17) is 9.47 Å². The van der Waals surface area contributed by atoms with Crippen molar-refractivity contribution in [1.82, 2.24) is 4.98 Å². The molecule has 1 aromatic heterocycles. The Bertz CT molecular complexity index is 640. The van der Waals surface area contributed by atoms with Crippen LogP contribution in [0.5, 0.6) is 11.5 Å². The normalized spacial score (nSPS) is 14.9. The van der Waals surface area contributed by atoms with Gasteiger partial charge in [0.1, 0.15) is 19.3 Å². The van der Waals surface area contributed by atoms with Gasteiger partial charge in [-0.1, -0.05) is 12.1 Å². The number of nitrogens with zero attached hydrogens (tertiary/aromatic N) is 1. The number of hydrogen-bond donors (Lipinski definition) is 1. The van der Waals surface area contributed by atoms with Crippen LogP contribution >= 0.6 is 0 Å². The molecule has 104 valence electrons. The van der Waals surface area contributed by atoms with E-state index < -0.39 is 6.10 Å². The highest BCUT2D eigenvalue weighted by molar-refractivity contribution is 5.46. The first-order valence-corrected chi connectivity index (χ1v) is 6.66. The monoisotopic (exact) mass is 271 g/mol. The van der Waals surface area contributed by atoms with Crippen molar-refractivity contribution >= 4 is 0 Å². The molecule has 4 heteroatoms. The minimum Gasteiger partial charge on any atom is -0.486 e. The van der Waals surface area contributed by atoms with Crippen LogP contribution in [-0.2, 0) is 0 Å². The number of rotatable bonds is 2. The highest BCUT2D eigenvalue weighted by Gasteiger charge is 2.18. The molecular formula is C16H17NO3. The van der Waals surface area contributed by atoms with E-state index in [9.17, 15) is 5.11 Å². The first-order valence-electron chi connectivity index (χ1n) is 6.66. The van der Waals surface area contributed by atoms with E-state index in [1.165, 1.54) is 0 Å². The molecule has 0 aliphatic carbocycles. The number of hydrogen-bond acceptors (Lipinski definition) is 4. The van der Waals surface area contributed by atoms with Crippen LogP contribution in [0.3, 0.4) is 0 Å². The Morgan fingerprint density at radius 1 is 1.10 bits per heavy atom. The zero-order valence-electron chi connectivity index (χ0n) is 11.6. The standard InChI is InChI=1S/C16H17NO3/c1-10-7-11(2)15(17-9-10)16(18)12-3-4-13-14(8-12)20-6-5-19-13/h3-4,7-9,16,18H,5-6H2,1-2H3. The third kappa shape index (κ3) is 2.34. The fourth-order valence-electron chi connectivity index (χ4n) is 2.40. The average Bonchev–Trinajstić information content (AvgIpc) is 2.46. The predicted octanol–water partition coefficient (Wildman–Crippen LogP) is 2.55. The Hall–Kier alpha value is -2.07. The summed E-state index contributed by atoms with van der Waals surface area (Å²) < 4.78 is 11.0. The fraction of sp³-hybridized carbons (Fsp3) is 0.312. The van der Waals surface area contributed by atoms with Gasteiger partial charge in [0.15, 0.2) is 11.5 Å². The van der Waals surface area contributed by atoms with Gasteiger partial charge in [0.05, 0.1) is 5.69 Å². The Morgan fingerprint density at radius 2 is 1.85 bits per heavy atom. The largest absolute Gasteiger partial charge is 0.486 e. The summed E-state index contributed by atoms with van der Waals surface area (Å²) in [6.07, 6.45) is 1.01. The van der Waals surface area contributed by atoms with E-state index in [1.54, 1.807) is 6.20 Å². The van der Waals surface area contributed by atoms with Crippen LogP contribution in [0.25, 0.3) is 0 Å². The highest BCUT2D eigenvalue weighted by atomic mass is 16.6. The molecule has 0 amide bonds.